The number of dihydropyridines is 1. The second-order valence-electron chi connectivity index (χ2n) is 4.18. The summed E-state index contributed by atoms with van der Waals surface area (Å²) in [6.07, 6.45) is 0.768. The second-order valence-corrected chi connectivity index (χ2v) is 4.18. The van der Waals surface area contributed by atoms with E-state index in [1.54, 1.807) is 30.3 Å². The van der Waals surface area contributed by atoms with E-state index in [0.29, 0.717) is 0 Å². The van der Waals surface area contributed by atoms with Crippen LogP contribution in [0.1, 0.15) is 0 Å². The quantitative estimate of drug-likeness (QED) is 0.340. The summed E-state index contributed by atoms with van der Waals surface area (Å²) in [5.41, 5.74) is 9.18. The maximum Gasteiger partial charge on any atom is 0.339 e. The van der Waals surface area contributed by atoms with Crippen LogP contribution in [0.25, 0.3) is 0 Å². The number of hydrogen-bond acceptors (Lipinski definition) is 7. The van der Waals surface area contributed by atoms with Gasteiger partial charge >= 0.3 is 5.97 Å². The molecule has 8 nitrogen and oxygen atoms in total. The summed E-state index contributed by atoms with van der Waals surface area (Å²) >= 11 is 0. The van der Waals surface area contributed by atoms with Gasteiger partial charge in [0.2, 0.25) is 0 Å². The number of allylic oxidation sites excluding steroid dienone is 1. The number of para-hydroxylation sites is 1. The monoisotopic (exact) mass is 276 g/mol. The second kappa shape index (κ2) is 5.19. The number of carbonyl (C=O) groups excluding carboxylic acids is 1. The van der Waals surface area contributed by atoms with Crippen molar-refractivity contribution in [2.75, 3.05) is 0 Å². The van der Waals surface area contributed by atoms with E-state index in [1.165, 1.54) is 0 Å². The molecule has 0 aromatic heterocycles. The molecule has 1 aliphatic heterocycles. The summed E-state index contributed by atoms with van der Waals surface area (Å²) in [4.78, 5) is 25.8. The molecule has 0 aliphatic carbocycles. The molecule has 20 heavy (non-hydrogen) atoms. The molecule has 0 bridgehead atoms. The summed E-state index contributed by atoms with van der Waals surface area (Å²) in [5, 5.41) is 10.7. The number of benzene rings is 1. The zero-order chi connectivity index (χ0) is 14.8. The molecule has 0 radical (unpaired) electrons. The standard InChI is InChI=1S/C12H12N4O4/c13-10-12(14,6-8(7-15-10)16(18)19)11(17)20-9-4-2-1-3-5-9/h1-7,10H,13-14H2. The van der Waals surface area contributed by atoms with E-state index in [1.807, 2.05) is 0 Å². The van der Waals surface area contributed by atoms with Crippen LogP contribution < -0.4 is 16.2 Å². The number of nitro groups is 1. The summed E-state index contributed by atoms with van der Waals surface area (Å²) in [6, 6.07) is 8.19. The van der Waals surface area contributed by atoms with E-state index in [4.69, 9.17) is 16.2 Å². The van der Waals surface area contributed by atoms with Crippen LogP contribution in [-0.4, -0.2) is 28.8 Å². The Bertz CT molecular complexity index is 599. The fraction of sp³-hybridized carbons (Fsp3) is 0.167. The van der Waals surface area contributed by atoms with E-state index >= 15 is 0 Å². The molecule has 4 N–H and O–H groups in total. The molecule has 8 heteroatoms. The van der Waals surface area contributed by atoms with E-state index in [0.717, 1.165) is 12.3 Å². The molecule has 104 valence electrons. The number of nitrogens with two attached hydrogens (primary N) is 2. The molecule has 0 amide bonds. The van der Waals surface area contributed by atoms with Gasteiger partial charge in [-0.15, -0.1) is 0 Å². The van der Waals surface area contributed by atoms with Crippen molar-refractivity contribution < 1.29 is 14.5 Å². The summed E-state index contributed by atoms with van der Waals surface area (Å²) in [5.74, 6) is -0.646. The van der Waals surface area contributed by atoms with Crippen LogP contribution in [0.4, 0.5) is 0 Å². The summed E-state index contributed by atoms with van der Waals surface area (Å²) in [6.45, 7) is 0. The molecule has 2 unspecified atom stereocenters. The first-order valence-electron chi connectivity index (χ1n) is 5.65. The molecule has 1 aliphatic rings. The Kier molecular flexibility index (Phi) is 3.59. The maximum absolute atomic E-state index is 12.1. The van der Waals surface area contributed by atoms with Gasteiger partial charge in [0.15, 0.2) is 5.54 Å². The highest BCUT2D eigenvalue weighted by Gasteiger charge is 2.44. The third-order valence-corrected chi connectivity index (χ3v) is 2.76. The van der Waals surface area contributed by atoms with E-state index < -0.39 is 28.3 Å². The average Bonchev–Trinajstić information content (AvgIpc) is 2.42. The van der Waals surface area contributed by atoms with Gasteiger partial charge in [-0.3, -0.25) is 15.1 Å². The Hall–Kier alpha value is -2.58. The number of ether oxygens (including phenoxy) is 1. The topological polar surface area (TPSA) is 134 Å². The van der Waals surface area contributed by atoms with Crippen molar-refractivity contribution in [1.82, 2.24) is 0 Å². The van der Waals surface area contributed by atoms with Crippen molar-refractivity contribution in [2.45, 2.75) is 11.7 Å². The Morgan fingerprint density at radius 2 is 2.05 bits per heavy atom. The SMILES string of the molecule is NC1N=CC([N+](=O)[O-])=CC1(N)C(=O)Oc1ccccc1. The van der Waals surface area contributed by atoms with Crippen LogP contribution in [0.3, 0.4) is 0 Å². The number of nitrogens with zero attached hydrogens (tertiary/aromatic N) is 2. The lowest BCUT2D eigenvalue weighted by Crippen LogP contribution is -2.61. The van der Waals surface area contributed by atoms with Crippen molar-refractivity contribution in [3.05, 3.63) is 52.2 Å². The highest BCUT2D eigenvalue weighted by Crippen LogP contribution is 2.20. The largest absolute Gasteiger partial charge is 0.425 e. The molecule has 0 saturated heterocycles. The Labute approximate surface area is 113 Å². The Morgan fingerprint density at radius 3 is 2.65 bits per heavy atom. The fourth-order valence-electron chi connectivity index (χ4n) is 1.61. The molecule has 1 aromatic rings. The van der Waals surface area contributed by atoms with Crippen LogP contribution in [0.2, 0.25) is 0 Å². The lowest BCUT2D eigenvalue weighted by molar-refractivity contribution is -0.415. The van der Waals surface area contributed by atoms with Gasteiger partial charge in [0.1, 0.15) is 18.1 Å². The fourth-order valence-corrected chi connectivity index (χ4v) is 1.61. The Balaban J connectivity index is 2.27. The first kappa shape index (κ1) is 13.8. The number of hydrogen-bond donors (Lipinski definition) is 2. The lowest BCUT2D eigenvalue weighted by atomic mass is 9.94. The minimum atomic E-state index is -1.88. The third-order valence-electron chi connectivity index (χ3n) is 2.76. The van der Waals surface area contributed by atoms with Gasteiger partial charge in [0.25, 0.3) is 5.70 Å². The van der Waals surface area contributed by atoms with Gasteiger partial charge in [-0.25, -0.2) is 4.79 Å². The predicted octanol–water partition coefficient (Wildman–Crippen LogP) is -0.181. The smallest absolute Gasteiger partial charge is 0.339 e. The summed E-state index contributed by atoms with van der Waals surface area (Å²) < 4.78 is 5.07. The van der Waals surface area contributed by atoms with Crippen molar-refractivity contribution in [2.24, 2.45) is 16.5 Å². The van der Waals surface area contributed by atoms with Crippen LogP contribution in [0.5, 0.6) is 5.75 Å². The zero-order valence-corrected chi connectivity index (χ0v) is 10.3. The normalized spacial score (nSPS) is 24.9. The number of aliphatic imine (C=N–C) groups is 1. The maximum atomic E-state index is 12.1. The zero-order valence-electron chi connectivity index (χ0n) is 10.3. The highest BCUT2D eigenvalue weighted by molar-refractivity contribution is 5.90. The minimum absolute atomic E-state index is 0.264. The molecule has 0 saturated carbocycles. The Morgan fingerprint density at radius 1 is 1.40 bits per heavy atom. The number of esters is 1. The van der Waals surface area contributed by atoms with Crippen molar-refractivity contribution in [3.8, 4) is 5.75 Å². The van der Waals surface area contributed by atoms with Crippen LogP contribution in [0, 0.1) is 10.1 Å². The van der Waals surface area contributed by atoms with Gasteiger partial charge in [0, 0.05) is 6.08 Å². The van der Waals surface area contributed by atoms with Gasteiger partial charge < -0.3 is 16.2 Å². The molecule has 0 spiro atoms. The van der Waals surface area contributed by atoms with Crippen LogP contribution in [-0.2, 0) is 4.79 Å². The first-order valence-corrected chi connectivity index (χ1v) is 5.65. The molecule has 1 heterocycles. The number of rotatable bonds is 3. The first-order chi connectivity index (χ1) is 9.43. The molecule has 2 rings (SSSR count). The highest BCUT2D eigenvalue weighted by atomic mass is 16.6. The summed E-state index contributed by atoms with van der Waals surface area (Å²) in [7, 11) is 0. The van der Waals surface area contributed by atoms with Crippen molar-refractivity contribution in [1.29, 1.82) is 0 Å². The van der Waals surface area contributed by atoms with E-state index in [2.05, 4.69) is 4.99 Å². The minimum Gasteiger partial charge on any atom is -0.425 e. The predicted molar refractivity (Wildman–Crippen MR) is 70.5 cm³/mol. The van der Waals surface area contributed by atoms with Crippen molar-refractivity contribution >= 4 is 12.2 Å². The van der Waals surface area contributed by atoms with Crippen molar-refractivity contribution in [3.63, 3.8) is 0 Å². The van der Waals surface area contributed by atoms with E-state index in [9.17, 15) is 14.9 Å². The number of carbonyl (C=O) groups is 1. The van der Waals surface area contributed by atoms with Gasteiger partial charge in [0.05, 0.1) is 4.92 Å². The van der Waals surface area contributed by atoms with Crippen LogP contribution in [0.15, 0.2) is 47.1 Å². The lowest BCUT2D eigenvalue weighted by Gasteiger charge is -2.28. The molecule has 1 aromatic carbocycles. The molecule has 2 atom stereocenters. The average molecular weight is 276 g/mol. The molecular weight excluding hydrogens is 264 g/mol. The van der Waals surface area contributed by atoms with E-state index in [-0.39, 0.29) is 5.75 Å². The molecule has 0 fully saturated rings. The van der Waals surface area contributed by atoms with Gasteiger partial charge in [-0.2, -0.15) is 0 Å². The van der Waals surface area contributed by atoms with Crippen LogP contribution >= 0.6 is 0 Å². The van der Waals surface area contributed by atoms with Gasteiger partial charge in [-0.05, 0) is 12.1 Å². The van der Waals surface area contributed by atoms with Gasteiger partial charge in [-0.1, -0.05) is 18.2 Å². The third kappa shape index (κ3) is 2.56. The molecular formula is C12H12N4O4.